The van der Waals surface area contributed by atoms with E-state index in [0.29, 0.717) is 36.9 Å². The highest BCUT2D eigenvalue weighted by Crippen LogP contribution is 2.20. The number of nitrogens with zero attached hydrogens (tertiary/aromatic N) is 2. The maximum atomic E-state index is 12.3. The van der Waals surface area contributed by atoms with Gasteiger partial charge in [0.25, 0.3) is 0 Å². The molecule has 142 valence electrons. The van der Waals surface area contributed by atoms with E-state index in [2.05, 4.69) is 10.6 Å². The van der Waals surface area contributed by atoms with Crippen molar-refractivity contribution in [2.75, 3.05) is 49.9 Å². The van der Waals surface area contributed by atoms with Gasteiger partial charge in [-0.15, -0.1) is 0 Å². The molecule has 0 unspecified atom stereocenters. The first-order chi connectivity index (χ1) is 13.1. The van der Waals surface area contributed by atoms with Crippen LogP contribution >= 0.6 is 11.6 Å². The summed E-state index contributed by atoms with van der Waals surface area (Å²) in [5.41, 5.74) is 1.55. The van der Waals surface area contributed by atoms with Crippen LogP contribution in [0.3, 0.4) is 0 Å². The lowest BCUT2D eigenvalue weighted by Crippen LogP contribution is -2.51. The molecule has 0 aromatic heterocycles. The molecule has 2 aromatic carbocycles. The molecule has 1 heterocycles. The van der Waals surface area contributed by atoms with Crippen molar-refractivity contribution in [1.82, 2.24) is 9.80 Å². The average Bonchev–Trinajstić information content (AvgIpc) is 2.69. The Kier molecular flexibility index (Phi) is 6.68. The number of nitrogens with one attached hydrogen (secondary N) is 2. The molecule has 0 bridgehead atoms. The van der Waals surface area contributed by atoms with Crippen LogP contribution in [0.5, 0.6) is 0 Å². The van der Waals surface area contributed by atoms with E-state index in [1.54, 1.807) is 12.1 Å². The van der Waals surface area contributed by atoms with Gasteiger partial charge in [-0.2, -0.15) is 0 Å². The third-order valence-electron chi connectivity index (χ3n) is 4.46. The van der Waals surface area contributed by atoms with Crippen LogP contribution in [0.1, 0.15) is 0 Å². The number of amides is 2. The summed E-state index contributed by atoms with van der Waals surface area (Å²) in [6.07, 6.45) is 0. The second-order valence-corrected chi connectivity index (χ2v) is 6.81. The fourth-order valence-electron chi connectivity index (χ4n) is 2.96. The summed E-state index contributed by atoms with van der Waals surface area (Å²) < 4.78 is 0. The monoisotopic (exact) mass is 386 g/mol. The number of carbonyl (C=O) groups excluding carboxylic acids is 2. The predicted molar refractivity (Wildman–Crippen MR) is 108 cm³/mol. The standard InChI is InChI=1S/C20H23ClN4O2/c21-17-8-4-5-9-18(17)23-19(26)15-24-10-12-25(13-11-24)20(27)14-22-16-6-2-1-3-7-16/h1-9,22H,10-15H2,(H,23,26). The highest BCUT2D eigenvalue weighted by Gasteiger charge is 2.22. The van der Waals surface area contributed by atoms with E-state index in [1.807, 2.05) is 52.3 Å². The number of halogens is 1. The molecule has 1 aliphatic heterocycles. The van der Waals surface area contributed by atoms with Crippen molar-refractivity contribution in [3.05, 3.63) is 59.6 Å². The number of benzene rings is 2. The Labute approximate surface area is 164 Å². The molecule has 1 aliphatic rings. The number of carbonyl (C=O) groups is 2. The van der Waals surface area contributed by atoms with Gasteiger partial charge in [-0.3, -0.25) is 14.5 Å². The van der Waals surface area contributed by atoms with Gasteiger partial charge in [-0.25, -0.2) is 0 Å². The molecule has 0 atom stereocenters. The maximum absolute atomic E-state index is 12.3. The molecule has 2 N–H and O–H groups in total. The number of hydrogen-bond acceptors (Lipinski definition) is 4. The summed E-state index contributed by atoms with van der Waals surface area (Å²) in [5.74, 6) is -0.0346. The van der Waals surface area contributed by atoms with Gasteiger partial charge in [0.2, 0.25) is 11.8 Å². The summed E-state index contributed by atoms with van der Waals surface area (Å²) in [6.45, 7) is 3.15. The highest BCUT2D eigenvalue weighted by molar-refractivity contribution is 6.33. The first kappa shape index (κ1) is 19.2. The summed E-state index contributed by atoms with van der Waals surface area (Å²) in [7, 11) is 0. The van der Waals surface area contributed by atoms with E-state index >= 15 is 0 Å². The SMILES string of the molecule is O=C(CN1CCN(C(=O)CNc2ccccc2)CC1)Nc1ccccc1Cl. The molecule has 1 saturated heterocycles. The van der Waals surface area contributed by atoms with Gasteiger partial charge in [0.1, 0.15) is 0 Å². The molecular weight excluding hydrogens is 364 g/mol. The van der Waals surface area contributed by atoms with Gasteiger partial charge in [-0.1, -0.05) is 41.9 Å². The van der Waals surface area contributed by atoms with E-state index in [0.717, 1.165) is 5.69 Å². The van der Waals surface area contributed by atoms with E-state index < -0.39 is 0 Å². The lowest BCUT2D eigenvalue weighted by molar-refractivity contribution is -0.131. The van der Waals surface area contributed by atoms with Crippen molar-refractivity contribution in [2.45, 2.75) is 0 Å². The molecule has 0 saturated carbocycles. The van der Waals surface area contributed by atoms with Crippen molar-refractivity contribution in [1.29, 1.82) is 0 Å². The normalized spacial score (nSPS) is 14.6. The average molecular weight is 387 g/mol. The minimum absolute atomic E-state index is 0.0685. The summed E-state index contributed by atoms with van der Waals surface area (Å²) >= 11 is 6.06. The van der Waals surface area contributed by atoms with E-state index in [4.69, 9.17) is 11.6 Å². The molecule has 2 amide bonds. The molecule has 2 aromatic rings. The molecule has 0 radical (unpaired) electrons. The van der Waals surface area contributed by atoms with Crippen LogP contribution in [0.2, 0.25) is 5.02 Å². The van der Waals surface area contributed by atoms with Gasteiger partial charge in [0.05, 0.1) is 23.8 Å². The second kappa shape index (κ2) is 9.39. The fraction of sp³-hybridized carbons (Fsp3) is 0.300. The van der Waals surface area contributed by atoms with Crippen LogP contribution in [0.4, 0.5) is 11.4 Å². The third-order valence-corrected chi connectivity index (χ3v) is 4.79. The molecule has 0 aliphatic carbocycles. The smallest absolute Gasteiger partial charge is 0.241 e. The largest absolute Gasteiger partial charge is 0.376 e. The molecule has 7 heteroatoms. The highest BCUT2D eigenvalue weighted by atomic mass is 35.5. The van der Waals surface area contributed by atoms with Gasteiger partial charge in [0, 0.05) is 31.9 Å². The van der Waals surface area contributed by atoms with Crippen LogP contribution < -0.4 is 10.6 Å². The van der Waals surface area contributed by atoms with Crippen molar-refractivity contribution in [3.8, 4) is 0 Å². The van der Waals surface area contributed by atoms with Crippen molar-refractivity contribution in [3.63, 3.8) is 0 Å². The van der Waals surface area contributed by atoms with E-state index in [-0.39, 0.29) is 24.9 Å². The number of hydrogen-bond donors (Lipinski definition) is 2. The van der Waals surface area contributed by atoms with Crippen LogP contribution in [0, 0.1) is 0 Å². The summed E-state index contributed by atoms with van der Waals surface area (Å²) in [4.78, 5) is 28.4. The summed E-state index contributed by atoms with van der Waals surface area (Å²) in [5, 5.41) is 6.48. The zero-order chi connectivity index (χ0) is 19.1. The van der Waals surface area contributed by atoms with Gasteiger partial charge < -0.3 is 15.5 Å². The Hall–Kier alpha value is -2.57. The molecule has 6 nitrogen and oxygen atoms in total. The molecule has 0 spiro atoms. The van der Waals surface area contributed by atoms with Crippen LogP contribution in [0.25, 0.3) is 0 Å². The zero-order valence-electron chi connectivity index (χ0n) is 15.0. The third kappa shape index (κ3) is 5.70. The first-order valence-electron chi connectivity index (χ1n) is 8.95. The number of rotatable bonds is 6. The number of para-hydroxylation sites is 2. The molecule has 27 heavy (non-hydrogen) atoms. The Morgan fingerprint density at radius 2 is 1.59 bits per heavy atom. The lowest BCUT2D eigenvalue weighted by Gasteiger charge is -2.34. The van der Waals surface area contributed by atoms with Gasteiger partial charge in [0.15, 0.2) is 0 Å². The molecule has 3 rings (SSSR count). The van der Waals surface area contributed by atoms with Crippen molar-refractivity contribution >= 4 is 34.8 Å². The minimum Gasteiger partial charge on any atom is -0.376 e. The van der Waals surface area contributed by atoms with Crippen molar-refractivity contribution < 1.29 is 9.59 Å². The summed E-state index contributed by atoms with van der Waals surface area (Å²) in [6, 6.07) is 16.8. The van der Waals surface area contributed by atoms with Gasteiger partial charge in [-0.05, 0) is 24.3 Å². The van der Waals surface area contributed by atoms with Crippen LogP contribution in [-0.4, -0.2) is 60.9 Å². The van der Waals surface area contributed by atoms with Crippen molar-refractivity contribution in [2.24, 2.45) is 0 Å². The van der Waals surface area contributed by atoms with Crippen LogP contribution in [-0.2, 0) is 9.59 Å². The topological polar surface area (TPSA) is 64.7 Å². The fourth-order valence-corrected chi connectivity index (χ4v) is 3.14. The Balaban J connectivity index is 1.40. The zero-order valence-corrected chi connectivity index (χ0v) is 15.8. The van der Waals surface area contributed by atoms with Gasteiger partial charge >= 0.3 is 0 Å². The maximum Gasteiger partial charge on any atom is 0.241 e. The Morgan fingerprint density at radius 1 is 0.926 bits per heavy atom. The number of piperazine rings is 1. The predicted octanol–water partition coefficient (Wildman–Crippen LogP) is 2.53. The van der Waals surface area contributed by atoms with E-state index in [9.17, 15) is 9.59 Å². The Bertz CT molecular complexity index is 777. The molecular formula is C20H23ClN4O2. The van der Waals surface area contributed by atoms with Crippen LogP contribution in [0.15, 0.2) is 54.6 Å². The van der Waals surface area contributed by atoms with E-state index in [1.165, 1.54) is 0 Å². The first-order valence-corrected chi connectivity index (χ1v) is 9.33. The second-order valence-electron chi connectivity index (χ2n) is 6.40. The number of anilines is 2. The Morgan fingerprint density at radius 3 is 2.30 bits per heavy atom. The minimum atomic E-state index is -0.103. The molecule has 1 fully saturated rings. The lowest BCUT2D eigenvalue weighted by atomic mass is 10.2. The quantitative estimate of drug-likeness (QED) is 0.800.